The lowest BCUT2D eigenvalue weighted by Gasteiger charge is -2.17. The summed E-state index contributed by atoms with van der Waals surface area (Å²) < 4.78 is 26.5. The molecule has 0 amide bonds. The minimum atomic E-state index is -1.11. The molecule has 0 aliphatic carbocycles. The average molecular weight is 411 g/mol. The Labute approximate surface area is 163 Å². The van der Waals surface area contributed by atoms with E-state index in [4.69, 9.17) is 23.7 Å². The molecule has 0 spiro atoms. The molecule has 12 nitrogen and oxygen atoms in total. The van der Waals surface area contributed by atoms with Crippen LogP contribution in [0.15, 0.2) is 24.3 Å². The van der Waals surface area contributed by atoms with Crippen LogP contribution in [0.5, 0.6) is 5.75 Å². The number of nitrogens with zero attached hydrogens (tertiary/aromatic N) is 1. The molecule has 0 N–H and O–H groups in total. The van der Waals surface area contributed by atoms with Gasteiger partial charge in [-0.3, -0.25) is 4.79 Å². The second kappa shape index (κ2) is 8.84. The van der Waals surface area contributed by atoms with E-state index < -0.39 is 54.0 Å². The summed E-state index contributed by atoms with van der Waals surface area (Å²) in [5, 5.41) is 9.01. The molecule has 0 radical (unpaired) electrons. The van der Waals surface area contributed by atoms with Crippen LogP contribution in [0.25, 0.3) is 0 Å². The topological polar surface area (TPSA) is 150 Å². The highest BCUT2D eigenvalue weighted by Gasteiger charge is 2.51. The Morgan fingerprint density at radius 3 is 2.34 bits per heavy atom. The normalized spacial score (nSPS) is 25.0. The summed E-state index contributed by atoms with van der Waals surface area (Å²) in [5.41, 5.74) is 0.0593. The van der Waals surface area contributed by atoms with E-state index in [1.807, 2.05) is 0 Å². The van der Waals surface area contributed by atoms with Crippen molar-refractivity contribution in [3.8, 4) is 5.75 Å². The number of para-hydroxylation sites is 1. The van der Waals surface area contributed by atoms with Gasteiger partial charge in [-0.15, -0.1) is 10.1 Å². The Kier molecular flexibility index (Phi) is 6.24. The minimum Gasteiger partial charge on any atom is -0.456 e. The van der Waals surface area contributed by atoms with Crippen LogP contribution < -0.4 is 4.74 Å². The van der Waals surface area contributed by atoms with Crippen LogP contribution in [0, 0.1) is 10.1 Å². The lowest BCUT2D eigenvalue weighted by atomic mass is 10.1. The Morgan fingerprint density at radius 2 is 1.72 bits per heavy atom. The van der Waals surface area contributed by atoms with Crippen molar-refractivity contribution in [3.63, 3.8) is 0 Å². The van der Waals surface area contributed by atoms with Crippen molar-refractivity contribution in [2.24, 2.45) is 0 Å². The molecule has 1 aromatic rings. The van der Waals surface area contributed by atoms with Crippen LogP contribution in [-0.2, 0) is 33.4 Å². The summed E-state index contributed by atoms with van der Waals surface area (Å²) in [4.78, 5) is 49.3. The predicted molar refractivity (Wildman–Crippen MR) is 89.3 cm³/mol. The van der Waals surface area contributed by atoms with Gasteiger partial charge in [-0.2, -0.15) is 0 Å². The van der Waals surface area contributed by atoms with Gasteiger partial charge in [0.05, 0.1) is 13.2 Å². The third-order valence-corrected chi connectivity index (χ3v) is 4.15. The van der Waals surface area contributed by atoms with Crippen molar-refractivity contribution in [3.05, 3.63) is 39.9 Å². The molecule has 2 aliphatic heterocycles. The molecule has 2 saturated heterocycles. The summed E-state index contributed by atoms with van der Waals surface area (Å²) >= 11 is 0. The standard InChI is InChI=1S/C17H17NO11/c1-9(19)27-11-5-3-2-4-10(11)17(21)29-13-7-25-15-12(6-24-16(13)15)28-14(20)8-26-18(22)23/h2-5,12-13,15-16H,6-8H2,1H3/t12-,13+,15-,16-/m1/s1. The maximum Gasteiger partial charge on any atom is 0.342 e. The van der Waals surface area contributed by atoms with E-state index in [-0.39, 0.29) is 24.5 Å². The number of esters is 3. The Balaban J connectivity index is 1.58. The minimum absolute atomic E-state index is 0.00372. The largest absolute Gasteiger partial charge is 0.456 e. The van der Waals surface area contributed by atoms with Crippen molar-refractivity contribution in [2.75, 3.05) is 19.8 Å². The zero-order chi connectivity index (χ0) is 21.0. The molecule has 156 valence electrons. The van der Waals surface area contributed by atoms with Crippen molar-refractivity contribution >= 4 is 17.9 Å². The smallest absolute Gasteiger partial charge is 0.342 e. The number of fused-ring (bicyclic) bond motifs is 1. The van der Waals surface area contributed by atoms with Crippen molar-refractivity contribution < 1.29 is 48.0 Å². The monoisotopic (exact) mass is 411 g/mol. The Hall–Kier alpha value is -3.25. The van der Waals surface area contributed by atoms with Gasteiger partial charge in [0.15, 0.2) is 18.8 Å². The van der Waals surface area contributed by atoms with E-state index in [1.165, 1.54) is 19.1 Å². The fourth-order valence-electron chi connectivity index (χ4n) is 3.02. The lowest BCUT2D eigenvalue weighted by Crippen LogP contribution is -2.36. The van der Waals surface area contributed by atoms with Crippen LogP contribution in [0.1, 0.15) is 17.3 Å². The van der Waals surface area contributed by atoms with Gasteiger partial charge in [-0.25, -0.2) is 9.59 Å². The first kappa shape index (κ1) is 20.5. The summed E-state index contributed by atoms with van der Waals surface area (Å²) in [7, 11) is 0. The van der Waals surface area contributed by atoms with E-state index in [2.05, 4.69) is 4.84 Å². The van der Waals surface area contributed by atoms with Crippen LogP contribution in [0.4, 0.5) is 0 Å². The Morgan fingerprint density at radius 1 is 1.10 bits per heavy atom. The second-order valence-corrected chi connectivity index (χ2v) is 6.15. The number of hydrogen-bond donors (Lipinski definition) is 0. The molecule has 12 heteroatoms. The quantitative estimate of drug-likeness (QED) is 0.259. The van der Waals surface area contributed by atoms with Gasteiger partial charge < -0.3 is 28.5 Å². The zero-order valence-electron chi connectivity index (χ0n) is 15.2. The predicted octanol–water partition coefficient (Wildman–Crippen LogP) is 0.0550. The molecular weight excluding hydrogens is 394 g/mol. The number of benzene rings is 1. The van der Waals surface area contributed by atoms with Crippen molar-refractivity contribution in [1.29, 1.82) is 0 Å². The van der Waals surface area contributed by atoms with Gasteiger partial charge in [0.25, 0.3) is 5.09 Å². The van der Waals surface area contributed by atoms with E-state index in [0.717, 1.165) is 0 Å². The molecule has 0 aromatic heterocycles. The van der Waals surface area contributed by atoms with Gasteiger partial charge in [0, 0.05) is 6.92 Å². The number of carbonyl (C=O) groups excluding carboxylic acids is 3. The molecule has 2 aliphatic rings. The number of rotatable bonds is 7. The SMILES string of the molecule is CC(=O)Oc1ccccc1C(=O)O[C@H]1CO[C@H]2[C@@H]1OC[C@H]2OC(=O)CO[N+](=O)[O-]. The van der Waals surface area contributed by atoms with Gasteiger partial charge >= 0.3 is 17.9 Å². The molecule has 2 heterocycles. The molecular formula is C17H17NO11. The molecule has 1 aromatic carbocycles. The fraction of sp³-hybridized carbons (Fsp3) is 0.471. The van der Waals surface area contributed by atoms with Gasteiger partial charge in [-0.05, 0) is 12.1 Å². The average Bonchev–Trinajstić information content (AvgIpc) is 3.23. The number of hydrogen-bond acceptors (Lipinski definition) is 11. The highest BCUT2D eigenvalue weighted by Crippen LogP contribution is 2.31. The van der Waals surface area contributed by atoms with Crippen LogP contribution in [-0.4, -0.2) is 67.2 Å². The van der Waals surface area contributed by atoms with E-state index in [0.29, 0.717) is 0 Å². The maximum absolute atomic E-state index is 12.5. The van der Waals surface area contributed by atoms with E-state index >= 15 is 0 Å². The number of ether oxygens (including phenoxy) is 5. The lowest BCUT2D eigenvalue weighted by molar-refractivity contribution is -0.754. The van der Waals surface area contributed by atoms with Crippen molar-refractivity contribution in [2.45, 2.75) is 31.3 Å². The summed E-state index contributed by atoms with van der Waals surface area (Å²) in [6.45, 7) is 0.322. The third-order valence-electron chi connectivity index (χ3n) is 4.15. The highest BCUT2D eigenvalue weighted by molar-refractivity contribution is 5.93. The highest BCUT2D eigenvalue weighted by atomic mass is 17.0. The number of carbonyl (C=O) groups is 3. The third kappa shape index (κ3) is 4.97. The molecule has 4 atom stereocenters. The van der Waals surface area contributed by atoms with Crippen molar-refractivity contribution in [1.82, 2.24) is 0 Å². The fourth-order valence-corrected chi connectivity index (χ4v) is 3.02. The first-order chi connectivity index (χ1) is 13.8. The molecule has 3 rings (SSSR count). The summed E-state index contributed by atoms with van der Waals surface area (Å²) in [6, 6.07) is 6.10. The Bertz CT molecular complexity index is 810. The first-order valence-electron chi connectivity index (χ1n) is 8.53. The van der Waals surface area contributed by atoms with Crippen LogP contribution >= 0.6 is 0 Å². The zero-order valence-corrected chi connectivity index (χ0v) is 15.2. The summed E-state index contributed by atoms with van der Waals surface area (Å²) in [5.74, 6) is -2.21. The molecule has 0 bridgehead atoms. The van der Waals surface area contributed by atoms with Crippen LogP contribution in [0.3, 0.4) is 0 Å². The van der Waals surface area contributed by atoms with Crippen LogP contribution in [0.2, 0.25) is 0 Å². The van der Waals surface area contributed by atoms with E-state index in [1.54, 1.807) is 12.1 Å². The maximum atomic E-state index is 12.5. The van der Waals surface area contributed by atoms with E-state index in [9.17, 15) is 24.5 Å². The van der Waals surface area contributed by atoms with Gasteiger partial charge in [0.1, 0.15) is 23.5 Å². The first-order valence-corrected chi connectivity index (χ1v) is 8.53. The molecule has 0 unspecified atom stereocenters. The molecule has 0 saturated carbocycles. The summed E-state index contributed by atoms with van der Waals surface area (Å²) in [6.07, 6.45) is -2.98. The van der Waals surface area contributed by atoms with Gasteiger partial charge in [0.2, 0.25) is 0 Å². The second-order valence-electron chi connectivity index (χ2n) is 6.15. The molecule has 29 heavy (non-hydrogen) atoms. The molecule has 2 fully saturated rings. The van der Waals surface area contributed by atoms with Gasteiger partial charge in [-0.1, -0.05) is 12.1 Å².